The molecule has 0 radical (unpaired) electrons. The second kappa shape index (κ2) is 4.46. The van der Waals surface area contributed by atoms with E-state index in [-0.39, 0.29) is 12.3 Å². The molecule has 2 atom stereocenters. The molecule has 1 N–H and O–H groups in total. The molecule has 1 heterocycles. The normalized spacial score (nSPS) is 28.5. The molecule has 1 saturated carbocycles. The van der Waals surface area contributed by atoms with E-state index < -0.39 is 11.6 Å². The molecule has 0 amide bonds. The fourth-order valence-corrected chi connectivity index (χ4v) is 3.37. The van der Waals surface area contributed by atoms with Gasteiger partial charge in [0.1, 0.15) is 5.60 Å². The van der Waals surface area contributed by atoms with Crippen molar-refractivity contribution in [2.45, 2.75) is 37.2 Å². The predicted molar refractivity (Wildman–Crippen MR) is 72.1 cm³/mol. The molecule has 0 aromatic heterocycles. The average molecular weight is 259 g/mol. The molecule has 0 saturated heterocycles. The van der Waals surface area contributed by atoms with Gasteiger partial charge in [0.15, 0.2) is 0 Å². The molecule has 1 aliphatic carbocycles. The maximum Gasteiger partial charge on any atom is 0.306 e. The molecule has 1 fully saturated rings. The summed E-state index contributed by atoms with van der Waals surface area (Å²) < 4.78 is 5.62. The Morgan fingerprint density at radius 1 is 1.53 bits per heavy atom. The summed E-state index contributed by atoms with van der Waals surface area (Å²) in [5.74, 6) is -0.606. The summed E-state index contributed by atoms with van der Waals surface area (Å²) in [6, 6.07) is 8.05. The van der Waals surface area contributed by atoms with Crippen LogP contribution >= 0.6 is 0 Å². The van der Waals surface area contributed by atoms with Crippen molar-refractivity contribution in [2.24, 2.45) is 4.99 Å². The highest BCUT2D eigenvalue weighted by atomic mass is 16.5. The maximum atomic E-state index is 11.2. The van der Waals surface area contributed by atoms with Crippen molar-refractivity contribution in [3.63, 3.8) is 0 Å². The van der Waals surface area contributed by atoms with Crippen LogP contribution in [0.5, 0.6) is 0 Å². The largest absolute Gasteiger partial charge is 0.481 e. The molecule has 2 unspecified atom stereocenters. The van der Waals surface area contributed by atoms with E-state index in [4.69, 9.17) is 9.84 Å². The van der Waals surface area contributed by atoms with Gasteiger partial charge in [0, 0.05) is 13.0 Å². The van der Waals surface area contributed by atoms with Crippen LogP contribution in [0.25, 0.3) is 0 Å². The Morgan fingerprint density at radius 3 is 3.05 bits per heavy atom. The van der Waals surface area contributed by atoms with E-state index >= 15 is 0 Å². The third-order valence-corrected chi connectivity index (χ3v) is 4.25. The first-order valence-electron chi connectivity index (χ1n) is 6.61. The lowest BCUT2D eigenvalue weighted by atomic mass is 9.73. The molecule has 1 aromatic rings. The van der Waals surface area contributed by atoms with Gasteiger partial charge in [-0.2, -0.15) is 0 Å². The monoisotopic (exact) mass is 259 g/mol. The number of para-hydroxylation sites is 1. The summed E-state index contributed by atoms with van der Waals surface area (Å²) in [6.45, 7) is 0. The van der Waals surface area contributed by atoms with Crippen LogP contribution in [-0.4, -0.2) is 29.5 Å². The number of methoxy groups -OCH3 is 1. The molecule has 1 aliphatic heterocycles. The highest BCUT2D eigenvalue weighted by molar-refractivity contribution is 6.05. The Balaban J connectivity index is 2.04. The second-order valence-corrected chi connectivity index (χ2v) is 5.27. The Labute approximate surface area is 112 Å². The second-order valence-electron chi connectivity index (χ2n) is 5.27. The molecular weight excluding hydrogens is 242 g/mol. The smallest absolute Gasteiger partial charge is 0.306 e. The first-order valence-corrected chi connectivity index (χ1v) is 6.61. The standard InChI is InChI=1S/C15H17NO3/c1-19-15(9-13(17)18)8-4-6-11-10-5-2-3-7-12(10)16-14(11)15/h2-3,5,7,11H,4,6,8-9H2,1H3,(H,17,18). The van der Waals surface area contributed by atoms with Crippen molar-refractivity contribution < 1.29 is 14.6 Å². The van der Waals surface area contributed by atoms with Crippen molar-refractivity contribution in [1.29, 1.82) is 0 Å². The number of hydrogen-bond acceptors (Lipinski definition) is 3. The number of hydrogen-bond donors (Lipinski definition) is 1. The Hall–Kier alpha value is -1.68. The molecule has 19 heavy (non-hydrogen) atoms. The summed E-state index contributed by atoms with van der Waals surface area (Å²) in [5.41, 5.74) is 2.36. The van der Waals surface area contributed by atoms with E-state index in [1.807, 2.05) is 18.2 Å². The van der Waals surface area contributed by atoms with Crippen molar-refractivity contribution in [1.82, 2.24) is 0 Å². The lowest BCUT2D eigenvalue weighted by Gasteiger charge is -2.38. The van der Waals surface area contributed by atoms with Gasteiger partial charge in [0.25, 0.3) is 0 Å². The van der Waals surface area contributed by atoms with Gasteiger partial charge < -0.3 is 9.84 Å². The number of carboxylic acids is 1. The topological polar surface area (TPSA) is 58.9 Å². The minimum absolute atomic E-state index is 0.00712. The number of carbonyl (C=O) groups is 1. The predicted octanol–water partition coefficient (Wildman–Crippen LogP) is 2.90. The van der Waals surface area contributed by atoms with Crippen LogP contribution in [0.15, 0.2) is 29.3 Å². The minimum atomic E-state index is -0.832. The summed E-state index contributed by atoms with van der Waals surface area (Å²) in [4.78, 5) is 15.8. The van der Waals surface area contributed by atoms with Crippen LogP contribution in [0.2, 0.25) is 0 Å². The van der Waals surface area contributed by atoms with Gasteiger partial charge in [0.2, 0.25) is 0 Å². The zero-order valence-electron chi connectivity index (χ0n) is 10.9. The zero-order valence-corrected chi connectivity index (χ0v) is 10.9. The quantitative estimate of drug-likeness (QED) is 0.908. The van der Waals surface area contributed by atoms with Gasteiger partial charge in [-0.15, -0.1) is 0 Å². The number of nitrogens with zero attached hydrogens (tertiary/aromatic N) is 1. The van der Waals surface area contributed by atoms with Crippen LogP contribution in [0.3, 0.4) is 0 Å². The highest BCUT2D eigenvalue weighted by Crippen LogP contribution is 2.47. The fraction of sp³-hybridized carbons (Fsp3) is 0.467. The Morgan fingerprint density at radius 2 is 2.32 bits per heavy atom. The first-order chi connectivity index (χ1) is 9.16. The van der Waals surface area contributed by atoms with Crippen molar-refractivity contribution in [2.75, 3.05) is 7.11 Å². The number of fused-ring (bicyclic) bond motifs is 3. The molecule has 4 heteroatoms. The number of carboxylic acid groups (broad SMARTS) is 1. The van der Waals surface area contributed by atoms with E-state index in [9.17, 15) is 4.79 Å². The third kappa shape index (κ3) is 1.87. The van der Waals surface area contributed by atoms with Crippen molar-refractivity contribution >= 4 is 17.4 Å². The van der Waals surface area contributed by atoms with Gasteiger partial charge in [-0.1, -0.05) is 18.2 Å². The first kappa shape index (κ1) is 12.4. The van der Waals surface area contributed by atoms with Crippen molar-refractivity contribution in [3.8, 4) is 0 Å². The SMILES string of the molecule is COC1(CC(=O)O)CCCC2C1=Nc1ccccc12. The van der Waals surface area contributed by atoms with Gasteiger partial charge in [-0.3, -0.25) is 9.79 Å². The lowest BCUT2D eigenvalue weighted by molar-refractivity contribution is -0.141. The zero-order chi connectivity index (χ0) is 13.5. The van der Waals surface area contributed by atoms with E-state index in [1.165, 1.54) is 5.56 Å². The number of aliphatic imine (C=N–C) groups is 1. The minimum Gasteiger partial charge on any atom is -0.481 e. The number of benzene rings is 1. The molecule has 3 rings (SSSR count). The highest BCUT2D eigenvalue weighted by Gasteiger charge is 2.47. The molecule has 4 nitrogen and oxygen atoms in total. The van der Waals surface area contributed by atoms with Crippen molar-refractivity contribution in [3.05, 3.63) is 29.8 Å². The van der Waals surface area contributed by atoms with E-state index in [2.05, 4.69) is 11.1 Å². The van der Waals surface area contributed by atoms with E-state index in [0.29, 0.717) is 0 Å². The fourth-order valence-electron chi connectivity index (χ4n) is 3.37. The van der Waals surface area contributed by atoms with Crippen LogP contribution in [-0.2, 0) is 9.53 Å². The number of aliphatic carboxylic acids is 1. The van der Waals surface area contributed by atoms with Gasteiger partial charge in [-0.25, -0.2) is 0 Å². The summed E-state index contributed by atoms with van der Waals surface area (Å²) in [7, 11) is 1.59. The molecule has 100 valence electrons. The average Bonchev–Trinajstić information content (AvgIpc) is 2.78. The van der Waals surface area contributed by atoms with Gasteiger partial charge >= 0.3 is 5.97 Å². The van der Waals surface area contributed by atoms with Crippen LogP contribution in [0.1, 0.15) is 37.2 Å². The summed E-state index contributed by atoms with van der Waals surface area (Å²) >= 11 is 0. The number of rotatable bonds is 3. The van der Waals surface area contributed by atoms with Gasteiger partial charge in [0.05, 0.1) is 17.8 Å². The Kier molecular flexibility index (Phi) is 2.90. The number of ether oxygens (including phenoxy) is 1. The Bertz CT molecular complexity index is 552. The lowest BCUT2D eigenvalue weighted by Crippen LogP contribution is -2.47. The van der Waals surface area contributed by atoms with E-state index in [0.717, 1.165) is 30.7 Å². The molecule has 2 aliphatic rings. The van der Waals surface area contributed by atoms with E-state index in [1.54, 1.807) is 7.11 Å². The van der Waals surface area contributed by atoms with Crippen LogP contribution in [0, 0.1) is 0 Å². The molecule has 0 spiro atoms. The molecule has 0 bridgehead atoms. The molecular formula is C15H17NO3. The summed E-state index contributed by atoms with van der Waals surface area (Å²) in [6.07, 6.45) is 2.73. The maximum absolute atomic E-state index is 11.2. The van der Waals surface area contributed by atoms with Crippen LogP contribution in [0.4, 0.5) is 5.69 Å². The molecule has 1 aromatic carbocycles. The van der Waals surface area contributed by atoms with Gasteiger partial charge in [-0.05, 0) is 30.9 Å². The van der Waals surface area contributed by atoms with Crippen LogP contribution < -0.4 is 0 Å². The summed E-state index contributed by atoms with van der Waals surface area (Å²) in [5, 5.41) is 9.16. The third-order valence-electron chi connectivity index (χ3n) is 4.25.